The molecule has 0 spiro atoms. The zero-order chi connectivity index (χ0) is 20.6. The summed E-state index contributed by atoms with van der Waals surface area (Å²) in [6, 6.07) is 1.96. The lowest BCUT2D eigenvalue weighted by Crippen LogP contribution is -2.37. The van der Waals surface area contributed by atoms with Gasteiger partial charge in [-0.25, -0.2) is 28.4 Å². The molecule has 2 aromatic heterocycles. The SMILES string of the molecule is Cc1cc(C)nc(N2CCCC(c3nc(N4CCCC4)ncc3S(C)(=O)=O)C2)n1. The second-order valence-corrected chi connectivity index (χ2v) is 10.1. The summed E-state index contributed by atoms with van der Waals surface area (Å²) in [5, 5.41) is 0. The molecule has 29 heavy (non-hydrogen) atoms. The zero-order valence-corrected chi connectivity index (χ0v) is 18.1. The van der Waals surface area contributed by atoms with Crippen molar-refractivity contribution < 1.29 is 8.42 Å². The third kappa shape index (κ3) is 4.34. The van der Waals surface area contributed by atoms with Gasteiger partial charge in [-0.3, -0.25) is 0 Å². The van der Waals surface area contributed by atoms with Crippen molar-refractivity contribution in [3.63, 3.8) is 0 Å². The molecule has 0 aliphatic carbocycles. The van der Waals surface area contributed by atoms with E-state index in [1.165, 1.54) is 12.5 Å². The lowest BCUT2D eigenvalue weighted by molar-refractivity contribution is 0.485. The second kappa shape index (κ2) is 7.85. The Labute approximate surface area is 172 Å². The molecular weight excluding hydrogens is 388 g/mol. The molecule has 0 N–H and O–H groups in total. The number of nitrogens with zero attached hydrogens (tertiary/aromatic N) is 6. The Kier molecular flexibility index (Phi) is 5.42. The molecule has 8 nitrogen and oxygen atoms in total. The van der Waals surface area contributed by atoms with Gasteiger partial charge >= 0.3 is 0 Å². The van der Waals surface area contributed by atoms with Gasteiger partial charge in [0.25, 0.3) is 0 Å². The van der Waals surface area contributed by atoms with E-state index in [0.717, 1.165) is 56.7 Å². The maximum atomic E-state index is 12.4. The van der Waals surface area contributed by atoms with Gasteiger partial charge in [0.1, 0.15) is 4.90 Å². The molecule has 0 amide bonds. The topological polar surface area (TPSA) is 92.2 Å². The number of piperidine rings is 1. The number of aromatic nitrogens is 4. The molecule has 2 aliphatic rings. The Hall–Kier alpha value is -2.29. The van der Waals surface area contributed by atoms with E-state index in [-0.39, 0.29) is 10.8 Å². The highest BCUT2D eigenvalue weighted by Crippen LogP contribution is 2.32. The molecule has 156 valence electrons. The Bertz CT molecular complexity index is 984. The van der Waals surface area contributed by atoms with Crippen LogP contribution in [0.15, 0.2) is 17.2 Å². The summed E-state index contributed by atoms with van der Waals surface area (Å²) >= 11 is 0. The van der Waals surface area contributed by atoms with E-state index >= 15 is 0 Å². The minimum absolute atomic E-state index is 0.00208. The van der Waals surface area contributed by atoms with Crippen molar-refractivity contribution in [3.05, 3.63) is 29.3 Å². The van der Waals surface area contributed by atoms with Crippen LogP contribution in [0.2, 0.25) is 0 Å². The van der Waals surface area contributed by atoms with Crippen LogP contribution >= 0.6 is 0 Å². The van der Waals surface area contributed by atoms with Crippen molar-refractivity contribution in [3.8, 4) is 0 Å². The lowest BCUT2D eigenvalue weighted by Gasteiger charge is -2.33. The summed E-state index contributed by atoms with van der Waals surface area (Å²) in [6.07, 6.45) is 6.80. The van der Waals surface area contributed by atoms with Crippen molar-refractivity contribution in [2.75, 3.05) is 42.2 Å². The van der Waals surface area contributed by atoms with Crippen LogP contribution in [0.25, 0.3) is 0 Å². The highest BCUT2D eigenvalue weighted by atomic mass is 32.2. The smallest absolute Gasteiger partial charge is 0.225 e. The molecule has 4 heterocycles. The second-order valence-electron chi connectivity index (χ2n) is 8.12. The number of sulfone groups is 1. The van der Waals surface area contributed by atoms with E-state index in [0.29, 0.717) is 24.1 Å². The van der Waals surface area contributed by atoms with E-state index in [2.05, 4.69) is 24.8 Å². The molecule has 2 aromatic rings. The fourth-order valence-corrected chi connectivity index (χ4v) is 5.09. The van der Waals surface area contributed by atoms with Crippen LogP contribution in [0.1, 0.15) is 48.7 Å². The first-order valence-electron chi connectivity index (χ1n) is 10.2. The van der Waals surface area contributed by atoms with Crippen molar-refractivity contribution in [2.24, 2.45) is 0 Å². The number of rotatable bonds is 4. The summed E-state index contributed by atoms with van der Waals surface area (Å²) in [6.45, 7) is 7.29. The summed E-state index contributed by atoms with van der Waals surface area (Å²) in [7, 11) is -3.41. The Morgan fingerprint density at radius 2 is 1.59 bits per heavy atom. The average molecular weight is 417 g/mol. The molecule has 0 aromatic carbocycles. The van der Waals surface area contributed by atoms with Crippen LogP contribution < -0.4 is 9.80 Å². The maximum Gasteiger partial charge on any atom is 0.225 e. The van der Waals surface area contributed by atoms with Crippen molar-refractivity contribution >= 4 is 21.7 Å². The van der Waals surface area contributed by atoms with Gasteiger partial charge in [-0.15, -0.1) is 0 Å². The van der Waals surface area contributed by atoms with Gasteiger partial charge in [0.15, 0.2) is 9.84 Å². The molecule has 9 heteroatoms. The maximum absolute atomic E-state index is 12.4. The Balaban J connectivity index is 1.69. The fraction of sp³-hybridized carbons (Fsp3) is 0.600. The molecule has 1 unspecified atom stereocenters. The number of hydrogen-bond donors (Lipinski definition) is 0. The summed E-state index contributed by atoms with van der Waals surface area (Å²) in [5.74, 6) is 1.36. The Morgan fingerprint density at radius 1 is 0.931 bits per heavy atom. The first kappa shape index (κ1) is 20.0. The third-order valence-corrected chi connectivity index (χ3v) is 6.73. The van der Waals surface area contributed by atoms with Gasteiger partial charge in [0, 0.05) is 49.7 Å². The van der Waals surface area contributed by atoms with E-state index in [1.54, 1.807) is 0 Å². The van der Waals surface area contributed by atoms with Crippen LogP contribution in [0.3, 0.4) is 0 Å². The molecule has 0 radical (unpaired) electrons. The lowest BCUT2D eigenvalue weighted by atomic mass is 9.94. The minimum atomic E-state index is -3.41. The van der Waals surface area contributed by atoms with Crippen LogP contribution in [0.5, 0.6) is 0 Å². The van der Waals surface area contributed by atoms with E-state index in [4.69, 9.17) is 4.98 Å². The molecule has 0 saturated carbocycles. The molecular formula is C20H28N6O2S. The van der Waals surface area contributed by atoms with Gasteiger partial charge in [-0.1, -0.05) is 0 Å². The molecule has 0 bridgehead atoms. The highest BCUT2D eigenvalue weighted by Gasteiger charge is 2.30. The normalized spacial score (nSPS) is 20.3. The van der Waals surface area contributed by atoms with Gasteiger partial charge < -0.3 is 9.80 Å². The van der Waals surface area contributed by atoms with Gasteiger partial charge in [0.2, 0.25) is 11.9 Å². The van der Waals surface area contributed by atoms with Crippen LogP contribution in [-0.2, 0) is 9.84 Å². The largest absolute Gasteiger partial charge is 0.341 e. The van der Waals surface area contributed by atoms with Crippen molar-refractivity contribution in [1.82, 2.24) is 19.9 Å². The van der Waals surface area contributed by atoms with Gasteiger partial charge in [-0.2, -0.15) is 0 Å². The van der Waals surface area contributed by atoms with Crippen LogP contribution in [0.4, 0.5) is 11.9 Å². The standard InChI is InChI=1S/C20H28N6O2S/c1-14-11-15(2)23-20(22-14)26-10-6-7-16(13-26)18-17(29(3,27)28)12-21-19(24-18)25-8-4-5-9-25/h11-12,16H,4-10,13H2,1-3H3. The monoisotopic (exact) mass is 416 g/mol. The van der Waals surface area contributed by atoms with Crippen molar-refractivity contribution in [1.29, 1.82) is 0 Å². The predicted octanol–water partition coefficient (Wildman–Crippen LogP) is 2.27. The highest BCUT2D eigenvalue weighted by molar-refractivity contribution is 7.90. The first-order chi connectivity index (χ1) is 13.8. The molecule has 2 saturated heterocycles. The zero-order valence-electron chi connectivity index (χ0n) is 17.3. The summed E-state index contributed by atoms with van der Waals surface area (Å²) < 4.78 is 24.9. The minimum Gasteiger partial charge on any atom is -0.341 e. The Morgan fingerprint density at radius 3 is 2.24 bits per heavy atom. The summed E-state index contributed by atoms with van der Waals surface area (Å²) in [4.78, 5) is 22.9. The number of aryl methyl sites for hydroxylation is 2. The molecule has 2 fully saturated rings. The summed E-state index contributed by atoms with van der Waals surface area (Å²) in [5.41, 5.74) is 2.51. The van der Waals surface area contributed by atoms with Crippen LogP contribution in [0, 0.1) is 13.8 Å². The first-order valence-corrected chi connectivity index (χ1v) is 12.1. The van der Waals surface area contributed by atoms with Crippen molar-refractivity contribution in [2.45, 2.75) is 50.3 Å². The van der Waals surface area contributed by atoms with Gasteiger partial charge in [0.05, 0.1) is 11.9 Å². The third-order valence-electron chi connectivity index (χ3n) is 5.62. The molecule has 4 rings (SSSR count). The van der Waals surface area contributed by atoms with E-state index in [1.807, 2.05) is 19.9 Å². The molecule has 1 atom stereocenters. The average Bonchev–Trinajstić information content (AvgIpc) is 3.21. The van der Waals surface area contributed by atoms with E-state index < -0.39 is 9.84 Å². The van der Waals surface area contributed by atoms with E-state index in [9.17, 15) is 8.42 Å². The van der Waals surface area contributed by atoms with Gasteiger partial charge in [-0.05, 0) is 45.6 Å². The number of hydrogen-bond acceptors (Lipinski definition) is 8. The molecule has 2 aliphatic heterocycles. The number of anilines is 2. The predicted molar refractivity (Wildman–Crippen MR) is 112 cm³/mol. The quantitative estimate of drug-likeness (QED) is 0.749. The van der Waals surface area contributed by atoms with Crippen LogP contribution in [-0.4, -0.2) is 60.8 Å². The fourth-order valence-electron chi connectivity index (χ4n) is 4.25.